The maximum Gasteiger partial charge on any atom is 0.203 e. The van der Waals surface area contributed by atoms with E-state index in [1.165, 1.54) is 0 Å². The molecule has 0 aliphatic heterocycles. The van der Waals surface area contributed by atoms with Crippen LogP contribution in [0.15, 0.2) is 30.3 Å². The van der Waals surface area contributed by atoms with Crippen molar-refractivity contribution >= 4 is 0 Å². The summed E-state index contributed by atoms with van der Waals surface area (Å²) >= 11 is 0. The molecule has 3 N–H and O–H groups in total. The van der Waals surface area contributed by atoms with Crippen LogP contribution in [0.4, 0.5) is 0 Å². The van der Waals surface area contributed by atoms with Gasteiger partial charge in [0, 0.05) is 5.56 Å². The SMILES string of the molecule is CCOc1cc([C@@H](N)c2nc(-c3cc(OC)c(OC)c(OC)c3)n[nH]2)ccc1OC. The van der Waals surface area contributed by atoms with Crippen LogP contribution in [0.5, 0.6) is 28.7 Å². The average molecular weight is 414 g/mol. The van der Waals surface area contributed by atoms with Crippen molar-refractivity contribution in [2.24, 2.45) is 5.73 Å². The molecule has 0 unspecified atom stereocenters. The Kier molecular flexibility index (Phi) is 6.63. The first kappa shape index (κ1) is 21.3. The second-order valence-corrected chi connectivity index (χ2v) is 6.28. The van der Waals surface area contributed by atoms with E-state index < -0.39 is 6.04 Å². The van der Waals surface area contributed by atoms with Gasteiger partial charge in [-0.15, -0.1) is 0 Å². The molecule has 1 atom stereocenters. The van der Waals surface area contributed by atoms with E-state index in [1.807, 2.05) is 25.1 Å². The zero-order valence-corrected chi connectivity index (χ0v) is 17.7. The number of hydrogen-bond acceptors (Lipinski definition) is 8. The van der Waals surface area contributed by atoms with Crippen molar-refractivity contribution in [3.63, 3.8) is 0 Å². The van der Waals surface area contributed by atoms with Gasteiger partial charge in [0.15, 0.2) is 28.8 Å². The molecular formula is C21H26N4O5. The molecule has 1 heterocycles. The van der Waals surface area contributed by atoms with Gasteiger partial charge in [-0.1, -0.05) is 6.07 Å². The summed E-state index contributed by atoms with van der Waals surface area (Å²) in [5, 5.41) is 7.22. The summed E-state index contributed by atoms with van der Waals surface area (Å²) in [5.74, 6) is 3.75. The van der Waals surface area contributed by atoms with Crippen LogP contribution in [0.1, 0.15) is 24.4 Å². The molecule has 160 valence electrons. The molecule has 0 radical (unpaired) electrons. The van der Waals surface area contributed by atoms with E-state index in [-0.39, 0.29) is 0 Å². The lowest BCUT2D eigenvalue weighted by atomic mass is 10.1. The van der Waals surface area contributed by atoms with Crippen LogP contribution < -0.4 is 29.4 Å². The first-order chi connectivity index (χ1) is 14.6. The van der Waals surface area contributed by atoms with Gasteiger partial charge in [0.1, 0.15) is 5.82 Å². The molecule has 0 bridgehead atoms. The van der Waals surface area contributed by atoms with Crippen LogP contribution in [0.2, 0.25) is 0 Å². The minimum atomic E-state index is -0.529. The molecule has 9 nitrogen and oxygen atoms in total. The van der Waals surface area contributed by atoms with Gasteiger partial charge in [-0.2, -0.15) is 5.10 Å². The summed E-state index contributed by atoms with van der Waals surface area (Å²) in [6.45, 7) is 2.43. The van der Waals surface area contributed by atoms with Crippen LogP contribution in [-0.2, 0) is 0 Å². The summed E-state index contributed by atoms with van der Waals surface area (Å²) in [5.41, 5.74) is 7.93. The number of methoxy groups -OCH3 is 4. The quantitative estimate of drug-likeness (QED) is 0.549. The van der Waals surface area contributed by atoms with E-state index in [0.29, 0.717) is 52.6 Å². The smallest absolute Gasteiger partial charge is 0.203 e. The zero-order valence-electron chi connectivity index (χ0n) is 17.7. The van der Waals surface area contributed by atoms with Crippen LogP contribution in [0, 0.1) is 0 Å². The Balaban J connectivity index is 1.94. The zero-order chi connectivity index (χ0) is 21.7. The van der Waals surface area contributed by atoms with Crippen LogP contribution in [0.25, 0.3) is 11.4 Å². The fraction of sp³-hybridized carbons (Fsp3) is 0.333. The van der Waals surface area contributed by atoms with Crippen molar-refractivity contribution in [2.45, 2.75) is 13.0 Å². The molecule has 1 aromatic heterocycles. The lowest BCUT2D eigenvalue weighted by Crippen LogP contribution is -2.14. The molecule has 3 aromatic rings. The van der Waals surface area contributed by atoms with E-state index in [0.717, 1.165) is 5.56 Å². The topological polar surface area (TPSA) is 114 Å². The number of H-pyrrole nitrogens is 1. The highest BCUT2D eigenvalue weighted by Gasteiger charge is 2.20. The van der Waals surface area contributed by atoms with Crippen molar-refractivity contribution in [1.82, 2.24) is 15.2 Å². The summed E-state index contributed by atoms with van der Waals surface area (Å²) in [4.78, 5) is 4.57. The fourth-order valence-corrected chi connectivity index (χ4v) is 3.07. The van der Waals surface area contributed by atoms with Gasteiger partial charge >= 0.3 is 0 Å². The number of nitrogens with zero attached hydrogens (tertiary/aromatic N) is 2. The molecule has 0 aliphatic rings. The number of ether oxygens (including phenoxy) is 5. The number of rotatable bonds is 9. The van der Waals surface area contributed by atoms with Gasteiger partial charge in [0.05, 0.1) is 41.1 Å². The standard InChI is InChI=1S/C21H26N4O5/c1-6-30-15-9-12(7-8-14(15)26-2)18(22)21-23-20(24-25-21)13-10-16(27-3)19(29-5)17(11-13)28-4/h7-11,18H,6,22H2,1-5H3,(H,23,24,25)/t18-/m1/s1. The second kappa shape index (κ2) is 9.36. The summed E-state index contributed by atoms with van der Waals surface area (Å²) < 4.78 is 27.1. The summed E-state index contributed by atoms with van der Waals surface area (Å²) in [6.07, 6.45) is 0. The summed E-state index contributed by atoms with van der Waals surface area (Å²) in [7, 11) is 6.26. The molecule has 0 spiro atoms. The van der Waals surface area contributed by atoms with Gasteiger partial charge in [0.2, 0.25) is 5.75 Å². The monoisotopic (exact) mass is 414 g/mol. The van der Waals surface area contributed by atoms with E-state index >= 15 is 0 Å². The molecule has 0 aliphatic carbocycles. The Morgan fingerprint density at radius 1 is 0.900 bits per heavy atom. The average Bonchev–Trinajstić information content (AvgIpc) is 3.28. The molecule has 3 rings (SSSR count). The number of aromatic amines is 1. The molecule has 0 fully saturated rings. The molecule has 0 saturated heterocycles. The Bertz CT molecular complexity index is 980. The largest absolute Gasteiger partial charge is 0.493 e. The van der Waals surface area contributed by atoms with Crippen LogP contribution >= 0.6 is 0 Å². The number of nitrogens with two attached hydrogens (primary N) is 1. The molecule has 30 heavy (non-hydrogen) atoms. The molecule has 9 heteroatoms. The van der Waals surface area contributed by atoms with Crippen molar-refractivity contribution in [1.29, 1.82) is 0 Å². The Labute approximate surface area is 175 Å². The van der Waals surface area contributed by atoms with Crippen molar-refractivity contribution in [2.75, 3.05) is 35.0 Å². The predicted molar refractivity (Wildman–Crippen MR) is 112 cm³/mol. The van der Waals surface area contributed by atoms with Crippen molar-refractivity contribution < 1.29 is 23.7 Å². The molecular weight excluding hydrogens is 388 g/mol. The van der Waals surface area contributed by atoms with Gasteiger partial charge in [-0.3, -0.25) is 5.10 Å². The van der Waals surface area contributed by atoms with E-state index in [9.17, 15) is 0 Å². The van der Waals surface area contributed by atoms with E-state index in [2.05, 4.69) is 15.2 Å². The van der Waals surface area contributed by atoms with Gasteiger partial charge in [0.25, 0.3) is 0 Å². The maximum absolute atomic E-state index is 6.42. The number of aromatic nitrogens is 3. The number of benzene rings is 2. The van der Waals surface area contributed by atoms with Gasteiger partial charge in [-0.05, 0) is 36.8 Å². The third-order valence-electron chi connectivity index (χ3n) is 4.57. The Morgan fingerprint density at radius 2 is 1.57 bits per heavy atom. The van der Waals surface area contributed by atoms with E-state index in [4.69, 9.17) is 29.4 Å². The van der Waals surface area contributed by atoms with Crippen molar-refractivity contribution in [3.05, 3.63) is 41.7 Å². The molecule has 2 aromatic carbocycles. The highest BCUT2D eigenvalue weighted by atomic mass is 16.5. The number of hydrogen-bond donors (Lipinski definition) is 2. The minimum Gasteiger partial charge on any atom is -0.493 e. The van der Waals surface area contributed by atoms with Crippen molar-refractivity contribution in [3.8, 4) is 40.1 Å². The maximum atomic E-state index is 6.42. The highest BCUT2D eigenvalue weighted by molar-refractivity contribution is 5.66. The lowest BCUT2D eigenvalue weighted by Gasteiger charge is -2.14. The highest BCUT2D eigenvalue weighted by Crippen LogP contribution is 2.40. The Morgan fingerprint density at radius 3 is 2.13 bits per heavy atom. The minimum absolute atomic E-state index is 0.457. The summed E-state index contributed by atoms with van der Waals surface area (Å²) in [6, 6.07) is 8.55. The molecule has 0 amide bonds. The first-order valence-electron chi connectivity index (χ1n) is 9.35. The van der Waals surface area contributed by atoms with Crippen LogP contribution in [-0.4, -0.2) is 50.2 Å². The fourth-order valence-electron chi connectivity index (χ4n) is 3.07. The third kappa shape index (κ3) is 4.11. The first-order valence-corrected chi connectivity index (χ1v) is 9.35. The third-order valence-corrected chi connectivity index (χ3v) is 4.57. The van der Waals surface area contributed by atoms with Gasteiger partial charge in [-0.25, -0.2) is 4.98 Å². The second-order valence-electron chi connectivity index (χ2n) is 6.28. The predicted octanol–water partition coefficient (Wildman–Crippen LogP) is 2.95. The Hall–Kier alpha value is -3.46. The number of nitrogens with one attached hydrogen (secondary N) is 1. The lowest BCUT2D eigenvalue weighted by molar-refractivity contribution is 0.310. The van der Waals surface area contributed by atoms with E-state index in [1.54, 1.807) is 40.6 Å². The van der Waals surface area contributed by atoms with Crippen LogP contribution in [0.3, 0.4) is 0 Å². The van der Waals surface area contributed by atoms with Gasteiger partial charge < -0.3 is 29.4 Å². The normalized spacial score (nSPS) is 11.7. The molecule has 0 saturated carbocycles.